The van der Waals surface area contributed by atoms with Crippen LogP contribution in [0, 0.1) is 11.8 Å². The molecule has 0 saturated heterocycles. The fourth-order valence-corrected chi connectivity index (χ4v) is 2.10. The predicted octanol–water partition coefficient (Wildman–Crippen LogP) is 2.21. The first-order valence-corrected chi connectivity index (χ1v) is 6.01. The van der Waals surface area contributed by atoms with Crippen molar-refractivity contribution in [1.29, 1.82) is 0 Å². The Kier molecular flexibility index (Phi) is 3.44. The van der Waals surface area contributed by atoms with Crippen molar-refractivity contribution in [2.45, 2.75) is 19.9 Å². The van der Waals surface area contributed by atoms with Crippen LogP contribution in [-0.4, -0.2) is 30.5 Å². The maximum Gasteiger partial charge on any atom is 0.126 e. The van der Waals surface area contributed by atoms with Gasteiger partial charge in [0.2, 0.25) is 0 Å². The number of nitrogens with zero attached hydrogens (tertiary/aromatic N) is 2. The van der Waals surface area contributed by atoms with Gasteiger partial charge in [-0.3, -0.25) is 0 Å². The molecule has 3 nitrogen and oxygen atoms in total. The summed E-state index contributed by atoms with van der Waals surface area (Å²) in [6, 6.07) is 6.14. The Morgan fingerprint density at radius 1 is 1.50 bits per heavy atom. The molecule has 0 aromatic carbocycles. The highest BCUT2D eigenvalue weighted by Gasteiger charge is 2.32. The fraction of sp³-hybridized carbons (Fsp3) is 0.615. The van der Waals surface area contributed by atoms with Gasteiger partial charge >= 0.3 is 0 Å². The van der Waals surface area contributed by atoms with Crippen molar-refractivity contribution in [3.8, 4) is 0 Å². The van der Waals surface area contributed by atoms with E-state index >= 15 is 0 Å². The Hall–Kier alpha value is -1.09. The Morgan fingerprint density at radius 3 is 2.88 bits per heavy atom. The van der Waals surface area contributed by atoms with Gasteiger partial charge in [0.25, 0.3) is 0 Å². The van der Waals surface area contributed by atoms with Gasteiger partial charge in [0, 0.05) is 20.1 Å². The van der Waals surface area contributed by atoms with Gasteiger partial charge in [-0.15, -0.1) is 0 Å². The summed E-state index contributed by atoms with van der Waals surface area (Å²) in [6.45, 7) is 4.48. The normalized spacial score (nSPS) is 23.5. The fourth-order valence-electron chi connectivity index (χ4n) is 2.10. The molecule has 1 saturated carbocycles. The van der Waals surface area contributed by atoms with E-state index in [1.165, 1.54) is 13.0 Å². The van der Waals surface area contributed by atoms with Gasteiger partial charge < -0.3 is 10.2 Å². The van der Waals surface area contributed by atoms with Gasteiger partial charge in [0.15, 0.2) is 0 Å². The molecule has 1 aromatic heterocycles. The summed E-state index contributed by atoms with van der Waals surface area (Å²) >= 11 is 0. The van der Waals surface area contributed by atoms with E-state index in [1.807, 2.05) is 13.1 Å². The van der Waals surface area contributed by atoms with Crippen molar-refractivity contribution in [3.05, 3.63) is 23.9 Å². The molecule has 2 unspecified atom stereocenters. The maximum absolute atomic E-state index is 4.53. The predicted molar refractivity (Wildman–Crippen MR) is 67.4 cm³/mol. The van der Waals surface area contributed by atoms with E-state index in [1.54, 1.807) is 0 Å². The van der Waals surface area contributed by atoms with Crippen molar-refractivity contribution < 1.29 is 0 Å². The first-order chi connectivity index (χ1) is 7.69. The van der Waals surface area contributed by atoms with Crippen LogP contribution in [0.3, 0.4) is 0 Å². The topological polar surface area (TPSA) is 28.2 Å². The zero-order chi connectivity index (χ0) is 11.5. The molecule has 0 radical (unpaired) electrons. The second-order valence-corrected chi connectivity index (χ2v) is 4.93. The van der Waals surface area contributed by atoms with Crippen molar-refractivity contribution in [2.75, 3.05) is 26.0 Å². The van der Waals surface area contributed by atoms with Gasteiger partial charge in [-0.2, -0.15) is 0 Å². The second kappa shape index (κ2) is 4.83. The van der Waals surface area contributed by atoms with Gasteiger partial charge in [-0.25, -0.2) is 4.98 Å². The summed E-state index contributed by atoms with van der Waals surface area (Å²) in [7, 11) is 4.08. The monoisotopic (exact) mass is 219 g/mol. The van der Waals surface area contributed by atoms with E-state index in [0.29, 0.717) is 0 Å². The van der Waals surface area contributed by atoms with Crippen LogP contribution >= 0.6 is 0 Å². The third-order valence-electron chi connectivity index (χ3n) is 3.32. The summed E-state index contributed by atoms with van der Waals surface area (Å²) in [4.78, 5) is 6.90. The molecule has 0 spiro atoms. The summed E-state index contributed by atoms with van der Waals surface area (Å²) in [5.41, 5.74) is 1.14. The Balaban J connectivity index is 1.87. The van der Waals surface area contributed by atoms with Crippen molar-refractivity contribution in [3.63, 3.8) is 0 Å². The molecule has 88 valence electrons. The van der Waals surface area contributed by atoms with Crippen LogP contribution in [0.2, 0.25) is 0 Å². The Bertz CT molecular complexity index is 351. The number of pyridine rings is 1. The number of anilines is 1. The van der Waals surface area contributed by atoms with Crippen molar-refractivity contribution >= 4 is 5.82 Å². The highest BCUT2D eigenvalue weighted by Crippen LogP contribution is 2.38. The van der Waals surface area contributed by atoms with Crippen LogP contribution in [0.1, 0.15) is 19.0 Å². The number of rotatable bonds is 5. The van der Waals surface area contributed by atoms with E-state index in [9.17, 15) is 0 Å². The van der Waals surface area contributed by atoms with E-state index in [0.717, 1.165) is 29.9 Å². The first kappa shape index (κ1) is 11.4. The van der Waals surface area contributed by atoms with E-state index in [4.69, 9.17) is 0 Å². The summed E-state index contributed by atoms with van der Waals surface area (Å²) in [5.74, 6) is 2.79. The Morgan fingerprint density at radius 2 is 2.25 bits per heavy atom. The maximum atomic E-state index is 4.53. The smallest absolute Gasteiger partial charge is 0.126 e. The third-order valence-corrected chi connectivity index (χ3v) is 3.32. The quantitative estimate of drug-likeness (QED) is 0.823. The molecule has 1 fully saturated rings. The summed E-state index contributed by atoms with van der Waals surface area (Å²) in [6.07, 6.45) is 1.40. The largest absolute Gasteiger partial charge is 0.373 e. The van der Waals surface area contributed by atoms with Gasteiger partial charge in [-0.1, -0.05) is 13.0 Å². The minimum atomic E-state index is 0.914. The number of nitrogens with one attached hydrogen (secondary N) is 1. The molecule has 0 amide bonds. The first-order valence-electron chi connectivity index (χ1n) is 6.01. The number of hydrogen-bond donors (Lipinski definition) is 1. The van der Waals surface area contributed by atoms with E-state index < -0.39 is 0 Å². The molecular formula is C13H21N3. The van der Waals surface area contributed by atoms with Crippen LogP contribution in [0.15, 0.2) is 18.2 Å². The average molecular weight is 219 g/mol. The van der Waals surface area contributed by atoms with Gasteiger partial charge in [0.05, 0.1) is 5.69 Å². The van der Waals surface area contributed by atoms with Crippen LogP contribution < -0.4 is 5.32 Å². The molecule has 1 aromatic rings. The van der Waals surface area contributed by atoms with E-state index in [-0.39, 0.29) is 0 Å². The minimum absolute atomic E-state index is 0.914. The van der Waals surface area contributed by atoms with Crippen LogP contribution in [0.5, 0.6) is 0 Å². The molecule has 0 bridgehead atoms. The lowest BCUT2D eigenvalue weighted by Crippen LogP contribution is -2.21. The van der Waals surface area contributed by atoms with Gasteiger partial charge in [0.1, 0.15) is 5.82 Å². The van der Waals surface area contributed by atoms with Crippen LogP contribution in [0.4, 0.5) is 5.82 Å². The lowest BCUT2D eigenvalue weighted by molar-refractivity contribution is 0.304. The zero-order valence-corrected chi connectivity index (χ0v) is 10.4. The molecular weight excluding hydrogens is 198 g/mol. The van der Waals surface area contributed by atoms with E-state index in [2.05, 4.69) is 41.3 Å². The molecule has 1 N–H and O–H groups in total. The Labute approximate surface area is 97.9 Å². The van der Waals surface area contributed by atoms with Crippen molar-refractivity contribution in [1.82, 2.24) is 9.88 Å². The number of hydrogen-bond acceptors (Lipinski definition) is 3. The van der Waals surface area contributed by atoms with Gasteiger partial charge in [-0.05, 0) is 37.4 Å². The molecule has 3 heteroatoms. The van der Waals surface area contributed by atoms with Crippen LogP contribution in [0.25, 0.3) is 0 Å². The van der Waals surface area contributed by atoms with Crippen LogP contribution in [-0.2, 0) is 6.54 Å². The molecule has 1 heterocycles. The van der Waals surface area contributed by atoms with Crippen molar-refractivity contribution in [2.24, 2.45) is 11.8 Å². The highest BCUT2D eigenvalue weighted by molar-refractivity contribution is 5.34. The lowest BCUT2D eigenvalue weighted by Gasteiger charge is -2.16. The molecule has 1 aliphatic carbocycles. The molecule has 1 aliphatic rings. The summed E-state index contributed by atoms with van der Waals surface area (Å²) < 4.78 is 0. The average Bonchev–Trinajstić information content (AvgIpc) is 2.94. The number of aromatic nitrogens is 1. The standard InChI is InChI=1S/C13H21N3/c1-10-7-11(10)8-16(3)9-12-5-4-6-13(14-2)15-12/h4-6,10-11H,7-9H2,1-3H3,(H,14,15). The molecule has 0 aliphatic heterocycles. The summed E-state index contributed by atoms with van der Waals surface area (Å²) in [5, 5.41) is 3.07. The SMILES string of the molecule is CNc1cccc(CN(C)CC2CC2C)n1. The molecule has 2 rings (SSSR count). The third kappa shape index (κ3) is 2.95. The zero-order valence-electron chi connectivity index (χ0n) is 10.4. The molecule has 2 atom stereocenters. The lowest BCUT2D eigenvalue weighted by atomic mass is 10.3. The molecule has 16 heavy (non-hydrogen) atoms. The minimum Gasteiger partial charge on any atom is -0.373 e. The second-order valence-electron chi connectivity index (χ2n) is 4.93. The highest BCUT2D eigenvalue weighted by atomic mass is 15.1.